The highest BCUT2D eigenvalue weighted by atomic mass is 127. The molecule has 0 aliphatic carbocycles. The van der Waals surface area contributed by atoms with Gasteiger partial charge in [0.2, 0.25) is 5.91 Å². The zero-order chi connectivity index (χ0) is 20.9. The normalized spacial score (nSPS) is 28.4. The number of ether oxygens (including phenoxy) is 1. The Balaban J connectivity index is 1.30. The predicted molar refractivity (Wildman–Crippen MR) is 134 cm³/mol. The summed E-state index contributed by atoms with van der Waals surface area (Å²) in [5.41, 5.74) is 1.01. The Bertz CT molecular complexity index is 698. The van der Waals surface area contributed by atoms with Crippen LogP contribution in [-0.2, 0) is 4.79 Å². The molecule has 4 rings (SSSR count). The molecule has 30 heavy (non-hydrogen) atoms. The third kappa shape index (κ3) is 5.64. The first kappa shape index (κ1) is 22.7. The van der Waals surface area contributed by atoms with Crippen LogP contribution < -0.4 is 9.64 Å². The Labute approximate surface area is 199 Å². The molecule has 0 spiro atoms. The molecule has 0 N–H and O–H groups in total. The lowest BCUT2D eigenvalue weighted by molar-refractivity contribution is -0.116. The lowest BCUT2D eigenvalue weighted by Gasteiger charge is -2.32. The van der Waals surface area contributed by atoms with Crippen molar-refractivity contribution in [1.82, 2.24) is 9.80 Å². The summed E-state index contributed by atoms with van der Waals surface area (Å²) in [6, 6.07) is 9.16. The van der Waals surface area contributed by atoms with Gasteiger partial charge in [-0.1, -0.05) is 22.6 Å². The van der Waals surface area contributed by atoms with Gasteiger partial charge in [0.1, 0.15) is 5.75 Å². The van der Waals surface area contributed by atoms with E-state index in [1.165, 1.54) is 30.9 Å². The topological polar surface area (TPSA) is 36.0 Å². The fraction of sp³-hybridized carbons (Fsp3) is 0.696. The van der Waals surface area contributed by atoms with E-state index in [9.17, 15) is 4.79 Å². The minimum atomic E-state index is 0.0793. The van der Waals surface area contributed by atoms with E-state index in [2.05, 4.69) is 51.4 Å². The van der Waals surface area contributed by atoms with Gasteiger partial charge in [0.05, 0.1) is 16.6 Å². The van der Waals surface area contributed by atoms with Gasteiger partial charge >= 0.3 is 0 Å². The molecule has 0 radical (unpaired) electrons. The number of halogens is 1. The number of thioether (sulfide) groups is 1. The SMILES string of the molecule is CC1CCCN1CCCOc1ccc(N2C(=O)C(I)C[C@H]2CN2CCSCC2)cc1. The lowest BCUT2D eigenvalue weighted by Crippen LogP contribution is -2.44. The first-order valence-electron chi connectivity index (χ1n) is 11.4. The maximum atomic E-state index is 12.9. The molecule has 0 aromatic heterocycles. The number of rotatable bonds is 8. The monoisotopic (exact) mass is 543 g/mol. The summed E-state index contributed by atoms with van der Waals surface area (Å²) < 4.78 is 6.05. The Morgan fingerprint density at radius 1 is 1.17 bits per heavy atom. The van der Waals surface area contributed by atoms with Crippen LogP contribution in [-0.4, -0.2) is 82.6 Å². The van der Waals surface area contributed by atoms with Crippen LogP contribution in [0.1, 0.15) is 32.6 Å². The van der Waals surface area contributed by atoms with Crippen LogP contribution in [0, 0.1) is 0 Å². The zero-order valence-electron chi connectivity index (χ0n) is 18.0. The summed E-state index contributed by atoms with van der Waals surface area (Å²) in [6.45, 7) is 8.68. The van der Waals surface area contributed by atoms with Gasteiger partial charge in [-0.3, -0.25) is 9.69 Å². The third-order valence-corrected chi connectivity index (χ3v) is 8.57. The molecule has 3 aliphatic rings. The number of amides is 1. The van der Waals surface area contributed by atoms with Crippen molar-refractivity contribution < 1.29 is 9.53 Å². The van der Waals surface area contributed by atoms with E-state index >= 15 is 0 Å². The standard InChI is InChI=1S/C23H34IN3O2S/c1-18-4-2-9-26(18)10-3-13-29-21-7-5-19(6-8-21)27-20(16-22(24)23(27)28)17-25-11-14-30-15-12-25/h5-8,18,20,22H,2-4,9-17H2,1H3/t18?,20-,22?/m0/s1. The second-order valence-corrected chi connectivity index (χ2v) is 11.4. The lowest BCUT2D eigenvalue weighted by atomic mass is 10.2. The average Bonchev–Trinajstić information content (AvgIpc) is 3.29. The maximum Gasteiger partial charge on any atom is 0.240 e. The summed E-state index contributed by atoms with van der Waals surface area (Å²) in [4.78, 5) is 20.0. The Morgan fingerprint density at radius 3 is 2.63 bits per heavy atom. The molecule has 5 nitrogen and oxygen atoms in total. The third-order valence-electron chi connectivity index (χ3n) is 6.59. The molecule has 1 amide bonds. The number of hydrogen-bond acceptors (Lipinski definition) is 5. The minimum absolute atomic E-state index is 0.0793. The van der Waals surface area contributed by atoms with Crippen LogP contribution >= 0.6 is 34.4 Å². The van der Waals surface area contributed by atoms with E-state index < -0.39 is 0 Å². The van der Waals surface area contributed by atoms with Gasteiger partial charge in [0.25, 0.3) is 0 Å². The highest BCUT2D eigenvalue weighted by molar-refractivity contribution is 14.1. The van der Waals surface area contributed by atoms with Crippen LogP contribution in [0.4, 0.5) is 5.69 Å². The van der Waals surface area contributed by atoms with E-state index in [1.54, 1.807) is 0 Å². The summed E-state index contributed by atoms with van der Waals surface area (Å²) in [5.74, 6) is 3.56. The number of anilines is 1. The number of nitrogens with zero attached hydrogens (tertiary/aromatic N) is 3. The number of benzene rings is 1. The van der Waals surface area contributed by atoms with Gasteiger partial charge in [-0.05, 0) is 63.4 Å². The van der Waals surface area contributed by atoms with Crippen LogP contribution in [0.5, 0.6) is 5.75 Å². The smallest absolute Gasteiger partial charge is 0.240 e. The zero-order valence-corrected chi connectivity index (χ0v) is 20.9. The fourth-order valence-electron chi connectivity index (χ4n) is 4.84. The molecule has 3 saturated heterocycles. The van der Waals surface area contributed by atoms with E-state index in [0.29, 0.717) is 0 Å². The van der Waals surface area contributed by atoms with Crippen molar-refractivity contribution in [2.75, 3.05) is 55.7 Å². The van der Waals surface area contributed by atoms with Gasteiger partial charge in [-0.15, -0.1) is 0 Å². The van der Waals surface area contributed by atoms with Crippen LogP contribution in [0.25, 0.3) is 0 Å². The van der Waals surface area contributed by atoms with E-state index in [4.69, 9.17) is 4.74 Å². The fourth-order valence-corrected chi connectivity index (χ4v) is 6.70. The van der Waals surface area contributed by atoms with Gasteiger partial charge < -0.3 is 14.5 Å². The molecule has 0 saturated carbocycles. The first-order chi connectivity index (χ1) is 14.6. The van der Waals surface area contributed by atoms with Gasteiger partial charge in [-0.2, -0.15) is 11.8 Å². The van der Waals surface area contributed by atoms with Gasteiger partial charge in [0, 0.05) is 49.4 Å². The number of carbonyl (C=O) groups excluding carboxylic acids is 1. The molecule has 166 valence electrons. The molecule has 0 bridgehead atoms. The molecule has 3 aliphatic heterocycles. The van der Waals surface area contributed by atoms with Crippen molar-refractivity contribution >= 4 is 45.9 Å². The van der Waals surface area contributed by atoms with E-state index in [-0.39, 0.29) is 15.9 Å². The van der Waals surface area contributed by atoms with Crippen molar-refractivity contribution in [3.63, 3.8) is 0 Å². The van der Waals surface area contributed by atoms with Crippen molar-refractivity contribution in [2.24, 2.45) is 0 Å². The van der Waals surface area contributed by atoms with Crippen LogP contribution in [0.15, 0.2) is 24.3 Å². The minimum Gasteiger partial charge on any atom is -0.494 e. The number of hydrogen-bond donors (Lipinski definition) is 0. The summed E-state index contributed by atoms with van der Waals surface area (Å²) in [6.07, 6.45) is 4.65. The Morgan fingerprint density at radius 2 is 1.93 bits per heavy atom. The van der Waals surface area contributed by atoms with E-state index in [0.717, 1.165) is 63.1 Å². The molecule has 7 heteroatoms. The Kier molecular flexibility index (Phi) is 8.22. The number of alkyl halides is 1. The molecular formula is C23H34IN3O2S. The second-order valence-electron chi connectivity index (χ2n) is 8.70. The van der Waals surface area contributed by atoms with Crippen LogP contribution in [0.2, 0.25) is 0 Å². The summed E-state index contributed by atoms with van der Waals surface area (Å²) in [5, 5.41) is 0. The summed E-state index contributed by atoms with van der Waals surface area (Å²) >= 11 is 4.34. The maximum absolute atomic E-state index is 12.9. The second kappa shape index (κ2) is 10.9. The van der Waals surface area contributed by atoms with Gasteiger partial charge in [-0.25, -0.2) is 0 Å². The van der Waals surface area contributed by atoms with Crippen LogP contribution in [0.3, 0.4) is 0 Å². The highest BCUT2D eigenvalue weighted by Gasteiger charge is 2.39. The van der Waals surface area contributed by atoms with Crippen molar-refractivity contribution in [1.29, 1.82) is 0 Å². The molecule has 3 atom stereocenters. The van der Waals surface area contributed by atoms with E-state index in [1.807, 2.05) is 28.8 Å². The van der Waals surface area contributed by atoms with Crippen molar-refractivity contribution in [3.8, 4) is 5.75 Å². The molecule has 1 aromatic carbocycles. The largest absolute Gasteiger partial charge is 0.494 e. The molecule has 1 aromatic rings. The summed E-state index contributed by atoms with van der Waals surface area (Å²) in [7, 11) is 0. The average molecular weight is 544 g/mol. The van der Waals surface area contributed by atoms with Crippen molar-refractivity contribution in [2.45, 2.75) is 48.6 Å². The quantitative estimate of drug-likeness (QED) is 0.283. The Hall–Kier alpha value is -0.510. The van der Waals surface area contributed by atoms with Gasteiger partial charge in [0.15, 0.2) is 0 Å². The predicted octanol–water partition coefficient (Wildman–Crippen LogP) is 3.90. The number of carbonyl (C=O) groups is 1. The molecule has 3 heterocycles. The molecule has 2 unspecified atom stereocenters. The highest BCUT2D eigenvalue weighted by Crippen LogP contribution is 2.32. The molecule has 3 fully saturated rings. The van der Waals surface area contributed by atoms with Crippen molar-refractivity contribution in [3.05, 3.63) is 24.3 Å². The molecular weight excluding hydrogens is 509 g/mol. The number of likely N-dealkylation sites (tertiary alicyclic amines) is 1. The first-order valence-corrected chi connectivity index (χ1v) is 13.8.